The summed E-state index contributed by atoms with van der Waals surface area (Å²) in [5.74, 6) is 1.72. The van der Waals surface area contributed by atoms with Crippen molar-refractivity contribution in [2.45, 2.75) is 19.8 Å². The minimum Gasteiger partial charge on any atom is -0.496 e. The molecule has 2 rings (SSSR count). The summed E-state index contributed by atoms with van der Waals surface area (Å²) in [7, 11) is 3.40. The summed E-state index contributed by atoms with van der Waals surface area (Å²) in [5, 5.41) is 0. The molecule has 0 bridgehead atoms. The van der Waals surface area contributed by atoms with Crippen LogP contribution in [0.1, 0.15) is 16.7 Å². The molecule has 2 aromatic carbocycles. The highest BCUT2D eigenvalue weighted by Gasteiger charge is 2.15. The second-order valence-corrected chi connectivity index (χ2v) is 5.51. The summed E-state index contributed by atoms with van der Waals surface area (Å²) in [4.78, 5) is 0. The van der Waals surface area contributed by atoms with Gasteiger partial charge in [-0.25, -0.2) is 0 Å². The normalized spacial score (nSPS) is 10.2. The highest BCUT2D eigenvalue weighted by molar-refractivity contribution is 5.78. The van der Waals surface area contributed by atoms with Crippen LogP contribution in [0.3, 0.4) is 0 Å². The third-order valence-electron chi connectivity index (χ3n) is 3.85. The van der Waals surface area contributed by atoms with E-state index in [4.69, 9.17) is 9.47 Å². The van der Waals surface area contributed by atoms with Gasteiger partial charge in [0.1, 0.15) is 11.5 Å². The molecule has 0 aliphatic carbocycles. The van der Waals surface area contributed by atoms with Crippen molar-refractivity contribution in [2.75, 3.05) is 14.2 Å². The molecular weight excluding hydrogens is 284 g/mol. The minimum atomic E-state index is 0.824. The maximum atomic E-state index is 5.66. The van der Waals surface area contributed by atoms with E-state index >= 15 is 0 Å². The van der Waals surface area contributed by atoms with Crippen LogP contribution in [0.2, 0.25) is 0 Å². The van der Waals surface area contributed by atoms with Crippen LogP contribution in [0.15, 0.2) is 55.6 Å². The summed E-state index contributed by atoms with van der Waals surface area (Å²) in [6.07, 6.45) is 5.47. The Morgan fingerprint density at radius 2 is 1.52 bits per heavy atom. The van der Waals surface area contributed by atoms with Crippen LogP contribution in [0.4, 0.5) is 0 Å². The van der Waals surface area contributed by atoms with E-state index < -0.39 is 0 Å². The second-order valence-electron chi connectivity index (χ2n) is 5.51. The molecule has 2 nitrogen and oxygen atoms in total. The predicted octanol–water partition coefficient (Wildman–Crippen LogP) is 5.14. The van der Waals surface area contributed by atoms with Crippen molar-refractivity contribution in [3.63, 3.8) is 0 Å². The van der Waals surface area contributed by atoms with E-state index in [-0.39, 0.29) is 0 Å². The van der Waals surface area contributed by atoms with Gasteiger partial charge in [-0.3, -0.25) is 0 Å². The number of hydrogen-bond acceptors (Lipinski definition) is 2. The maximum absolute atomic E-state index is 5.66. The van der Waals surface area contributed by atoms with Crippen molar-refractivity contribution >= 4 is 0 Å². The molecule has 2 aromatic rings. The maximum Gasteiger partial charge on any atom is 0.129 e. The second kappa shape index (κ2) is 7.68. The SMILES string of the molecule is C=CCc1ccc(OC)c(-c2cc(CC=C)cc(C)c2OC)c1. The zero-order valence-electron chi connectivity index (χ0n) is 14.2. The van der Waals surface area contributed by atoms with Crippen molar-refractivity contribution in [3.05, 3.63) is 72.3 Å². The smallest absolute Gasteiger partial charge is 0.129 e. The van der Waals surface area contributed by atoms with Gasteiger partial charge in [-0.1, -0.05) is 24.3 Å². The third-order valence-corrected chi connectivity index (χ3v) is 3.85. The lowest BCUT2D eigenvalue weighted by Gasteiger charge is -2.17. The predicted molar refractivity (Wildman–Crippen MR) is 97.5 cm³/mol. The van der Waals surface area contributed by atoms with Gasteiger partial charge in [-0.15, -0.1) is 13.2 Å². The molecule has 0 N–H and O–H groups in total. The van der Waals surface area contributed by atoms with Crippen molar-refractivity contribution in [1.82, 2.24) is 0 Å². The number of ether oxygens (including phenoxy) is 2. The van der Waals surface area contributed by atoms with Gasteiger partial charge in [-0.05, 0) is 54.7 Å². The molecule has 0 atom stereocenters. The fourth-order valence-corrected chi connectivity index (χ4v) is 2.86. The minimum absolute atomic E-state index is 0.824. The van der Waals surface area contributed by atoms with Crippen LogP contribution < -0.4 is 9.47 Å². The molecule has 0 aliphatic rings. The first-order valence-corrected chi connectivity index (χ1v) is 7.71. The molecule has 0 heterocycles. The highest BCUT2D eigenvalue weighted by Crippen LogP contribution is 2.39. The lowest BCUT2D eigenvalue weighted by atomic mass is 9.95. The van der Waals surface area contributed by atoms with Gasteiger partial charge >= 0.3 is 0 Å². The Hall–Kier alpha value is -2.48. The molecule has 0 unspecified atom stereocenters. The molecule has 0 spiro atoms. The van der Waals surface area contributed by atoms with Crippen LogP contribution in [0.25, 0.3) is 11.1 Å². The molecular formula is C21H24O2. The summed E-state index contributed by atoms with van der Waals surface area (Å²) in [6, 6.07) is 10.5. The molecule has 0 saturated heterocycles. The van der Waals surface area contributed by atoms with E-state index in [2.05, 4.69) is 44.3 Å². The first kappa shape index (κ1) is 16.9. The van der Waals surface area contributed by atoms with E-state index in [0.717, 1.165) is 41.0 Å². The third kappa shape index (κ3) is 3.65. The summed E-state index contributed by atoms with van der Waals surface area (Å²) in [6.45, 7) is 9.72. The number of rotatable bonds is 7. The molecule has 0 radical (unpaired) electrons. The average Bonchev–Trinajstić information content (AvgIpc) is 2.55. The van der Waals surface area contributed by atoms with Gasteiger partial charge in [0.05, 0.1) is 14.2 Å². The Bertz CT molecular complexity index is 714. The molecule has 120 valence electrons. The average molecular weight is 308 g/mol. The quantitative estimate of drug-likeness (QED) is 0.660. The first-order valence-electron chi connectivity index (χ1n) is 7.71. The van der Waals surface area contributed by atoms with E-state index in [1.54, 1.807) is 14.2 Å². The van der Waals surface area contributed by atoms with E-state index in [1.165, 1.54) is 11.1 Å². The number of methoxy groups -OCH3 is 2. The Morgan fingerprint density at radius 3 is 2.13 bits per heavy atom. The molecule has 0 fully saturated rings. The Labute approximate surface area is 139 Å². The highest BCUT2D eigenvalue weighted by atomic mass is 16.5. The monoisotopic (exact) mass is 308 g/mol. The topological polar surface area (TPSA) is 18.5 Å². The largest absolute Gasteiger partial charge is 0.496 e. The number of benzene rings is 2. The van der Waals surface area contributed by atoms with Crippen molar-refractivity contribution in [3.8, 4) is 22.6 Å². The lowest BCUT2D eigenvalue weighted by molar-refractivity contribution is 0.408. The standard InChI is InChI=1S/C21H24O2/c1-6-8-16-10-11-20(22-4)18(13-16)19-14-17(9-7-2)12-15(3)21(19)23-5/h6-7,10-14H,1-2,8-9H2,3-5H3. The zero-order chi connectivity index (χ0) is 16.8. The van der Waals surface area contributed by atoms with Gasteiger partial charge in [0.15, 0.2) is 0 Å². The lowest BCUT2D eigenvalue weighted by Crippen LogP contribution is -1.97. The number of hydrogen-bond donors (Lipinski definition) is 0. The fourth-order valence-electron chi connectivity index (χ4n) is 2.86. The summed E-state index contributed by atoms with van der Waals surface area (Å²) >= 11 is 0. The Kier molecular flexibility index (Phi) is 5.64. The van der Waals surface area contributed by atoms with Gasteiger partial charge in [0.2, 0.25) is 0 Å². The van der Waals surface area contributed by atoms with Crippen LogP contribution in [-0.2, 0) is 12.8 Å². The van der Waals surface area contributed by atoms with Gasteiger partial charge in [-0.2, -0.15) is 0 Å². The fraction of sp³-hybridized carbons (Fsp3) is 0.238. The molecule has 2 heteroatoms. The van der Waals surface area contributed by atoms with E-state index in [0.29, 0.717) is 0 Å². The van der Waals surface area contributed by atoms with Crippen LogP contribution in [0.5, 0.6) is 11.5 Å². The van der Waals surface area contributed by atoms with Crippen LogP contribution >= 0.6 is 0 Å². The number of aryl methyl sites for hydroxylation is 1. The molecule has 23 heavy (non-hydrogen) atoms. The molecule has 0 aromatic heterocycles. The molecule has 0 aliphatic heterocycles. The Morgan fingerprint density at radius 1 is 0.870 bits per heavy atom. The van der Waals surface area contributed by atoms with Crippen molar-refractivity contribution < 1.29 is 9.47 Å². The van der Waals surface area contributed by atoms with E-state index in [9.17, 15) is 0 Å². The Balaban J connectivity index is 2.69. The number of allylic oxidation sites excluding steroid dienone is 2. The van der Waals surface area contributed by atoms with Crippen molar-refractivity contribution in [2.24, 2.45) is 0 Å². The molecule has 0 saturated carbocycles. The van der Waals surface area contributed by atoms with Crippen LogP contribution in [0, 0.1) is 6.92 Å². The van der Waals surface area contributed by atoms with Gasteiger partial charge in [0, 0.05) is 11.1 Å². The van der Waals surface area contributed by atoms with E-state index in [1.807, 2.05) is 18.2 Å². The van der Waals surface area contributed by atoms with Crippen molar-refractivity contribution in [1.29, 1.82) is 0 Å². The zero-order valence-corrected chi connectivity index (χ0v) is 14.2. The summed E-state index contributed by atoms with van der Waals surface area (Å²) < 4.78 is 11.2. The van der Waals surface area contributed by atoms with Crippen LogP contribution in [-0.4, -0.2) is 14.2 Å². The summed E-state index contributed by atoms with van der Waals surface area (Å²) in [5.41, 5.74) is 5.61. The molecule has 0 amide bonds. The first-order chi connectivity index (χ1) is 11.1. The van der Waals surface area contributed by atoms with Gasteiger partial charge < -0.3 is 9.47 Å². The van der Waals surface area contributed by atoms with Gasteiger partial charge in [0.25, 0.3) is 0 Å².